The maximum atomic E-state index is 12.8. The van der Waals surface area contributed by atoms with E-state index in [2.05, 4.69) is 18.7 Å². The fourth-order valence-corrected chi connectivity index (χ4v) is 3.77. The van der Waals surface area contributed by atoms with Gasteiger partial charge in [-0.2, -0.15) is 0 Å². The molecule has 2 rings (SSSR count). The van der Waals surface area contributed by atoms with Crippen LogP contribution in [0.4, 0.5) is 0 Å². The van der Waals surface area contributed by atoms with Gasteiger partial charge >= 0.3 is 0 Å². The lowest BCUT2D eigenvalue weighted by atomic mass is 9.77. The Morgan fingerprint density at radius 1 is 1.06 bits per heavy atom. The highest BCUT2D eigenvalue weighted by molar-refractivity contribution is 5.83. The molecule has 0 bridgehead atoms. The van der Waals surface area contributed by atoms with Gasteiger partial charge in [-0.25, -0.2) is 0 Å². The van der Waals surface area contributed by atoms with E-state index in [4.69, 9.17) is 0 Å². The number of carbonyl (C=O) groups is 1. The Morgan fingerprint density at radius 2 is 1.65 bits per heavy atom. The smallest absolute Gasteiger partial charge is 0.228 e. The highest BCUT2D eigenvalue weighted by Crippen LogP contribution is 2.44. The van der Waals surface area contributed by atoms with Crippen LogP contribution < -0.4 is 0 Å². The Balaban J connectivity index is 2.06. The number of hydrogen-bond donors (Lipinski definition) is 0. The summed E-state index contributed by atoms with van der Waals surface area (Å²) in [7, 11) is 0. The Labute approximate surface area is 106 Å². The van der Waals surface area contributed by atoms with Crippen LogP contribution >= 0.6 is 0 Å². The summed E-state index contributed by atoms with van der Waals surface area (Å²) in [5.74, 6) is 1.13. The largest absolute Gasteiger partial charge is 0.342 e. The molecule has 0 aromatic heterocycles. The van der Waals surface area contributed by atoms with Gasteiger partial charge < -0.3 is 4.90 Å². The van der Waals surface area contributed by atoms with Crippen molar-refractivity contribution < 1.29 is 4.79 Å². The zero-order valence-electron chi connectivity index (χ0n) is 11.5. The maximum Gasteiger partial charge on any atom is 0.228 e. The summed E-state index contributed by atoms with van der Waals surface area (Å²) in [5.41, 5.74) is 0.0194. The van der Waals surface area contributed by atoms with Crippen molar-refractivity contribution in [2.75, 3.05) is 13.1 Å². The normalized spacial score (nSPS) is 24.3. The maximum absolute atomic E-state index is 12.8. The van der Waals surface area contributed by atoms with Gasteiger partial charge in [0.05, 0.1) is 0 Å². The summed E-state index contributed by atoms with van der Waals surface area (Å²) < 4.78 is 0. The molecule has 1 aliphatic carbocycles. The van der Waals surface area contributed by atoms with Crippen LogP contribution in [0.3, 0.4) is 0 Å². The molecular formula is C15H27NO. The molecule has 0 spiro atoms. The molecule has 1 amide bonds. The third kappa shape index (κ3) is 2.83. The van der Waals surface area contributed by atoms with Crippen LogP contribution in [-0.4, -0.2) is 23.9 Å². The van der Waals surface area contributed by atoms with Gasteiger partial charge in [0, 0.05) is 18.5 Å². The van der Waals surface area contributed by atoms with Gasteiger partial charge in [0.2, 0.25) is 5.91 Å². The monoisotopic (exact) mass is 237 g/mol. The van der Waals surface area contributed by atoms with E-state index in [1.54, 1.807) is 0 Å². The van der Waals surface area contributed by atoms with Crippen molar-refractivity contribution >= 4 is 5.91 Å². The standard InChI is InChI=1S/C15H27NO/c1-13(2)12-15(8-4-5-9-15)14(17)16-10-6-3-7-11-16/h13H,3-12H2,1-2H3. The molecule has 0 N–H and O–H groups in total. The van der Waals surface area contributed by atoms with Gasteiger partial charge in [0.25, 0.3) is 0 Å². The number of amides is 1. The molecule has 0 unspecified atom stereocenters. The molecule has 1 heterocycles. The van der Waals surface area contributed by atoms with Gasteiger partial charge in [-0.3, -0.25) is 4.79 Å². The van der Waals surface area contributed by atoms with Crippen molar-refractivity contribution in [3.63, 3.8) is 0 Å². The zero-order chi connectivity index (χ0) is 12.3. The Kier molecular flexibility index (Phi) is 4.11. The van der Waals surface area contributed by atoms with E-state index in [9.17, 15) is 4.79 Å². The van der Waals surface area contributed by atoms with Crippen LogP contribution in [0.25, 0.3) is 0 Å². The fourth-order valence-electron chi connectivity index (χ4n) is 3.77. The molecule has 0 radical (unpaired) electrons. The second kappa shape index (κ2) is 5.41. The minimum absolute atomic E-state index is 0.0194. The van der Waals surface area contributed by atoms with Crippen LogP contribution in [-0.2, 0) is 4.79 Å². The average Bonchev–Trinajstić information content (AvgIpc) is 2.78. The quantitative estimate of drug-likeness (QED) is 0.734. The highest BCUT2D eigenvalue weighted by atomic mass is 16.2. The summed E-state index contributed by atoms with van der Waals surface area (Å²) in [6.07, 6.45) is 9.62. The van der Waals surface area contributed by atoms with Crippen molar-refractivity contribution in [3.8, 4) is 0 Å². The SMILES string of the molecule is CC(C)CC1(C(=O)N2CCCCC2)CCCC1. The van der Waals surface area contributed by atoms with Gasteiger partial charge in [0.15, 0.2) is 0 Å². The first-order valence-electron chi connectivity index (χ1n) is 7.43. The third-order valence-corrected chi connectivity index (χ3v) is 4.46. The predicted molar refractivity (Wildman–Crippen MR) is 70.8 cm³/mol. The van der Waals surface area contributed by atoms with Crippen molar-refractivity contribution in [2.24, 2.45) is 11.3 Å². The second-order valence-electron chi connectivity index (χ2n) is 6.44. The van der Waals surface area contributed by atoms with Crippen molar-refractivity contribution in [2.45, 2.75) is 65.2 Å². The van der Waals surface area contributed by atoms with Crippen LogP contribution in [0.1, 0.15) is 65.2 Å². The fraction of sp³-hybridized carbons (Fsp3) is 0.933. The van der Waals surface area contributed by atoms with Crippen LogP contribution in [0.2, 0.25) is 0 Å². The minimum atomic E-state index is 0.0194. The first-order chi connectivity index (χ1) is 8.14. The number of likely N-dealkylation sites (tertiary alicyclic amines) is 1. The molecule has 2 aliphatic rings. The molecule has 17 heavy (non-hydrogen) atoms. The molecule has 1 aliphatic heterocycles. The lowest BCUT2D eigenvalue weighted by Crippen LogP contribution is -2.45. The lowest BCUT2D eigenvalue weighted by molar-refractivity contribution is -0.144. The van der Waals surface area contributed by atoms with Gasteiger partial charge in [0.1, 0.15) is 0 Å². The number of carbonyl (C=O) groups excluding carboxylic acids is 1. The predicted octanol–water partition coefficient (Wildman–Crippen LogP) is 3.61. The van der Waals surface area contributed by atoms with Crippen LogP contribution in [0, 0.1) is 11.3 Å². The third-order valence-electron chi connectivity index (χ3n) is 4.46. The summed E-state index contributed by atoms with van der Waals surface area (Å²) in [4.78, 5) is 14.9. The van der Waals surface area contributed by atoms with E-state index in [-0.39, 0.29) is 5.41 Å². The summed E-state index contributed by atoms with van der Waals surface area (Å²) >= 11 is 0. The first-order valence-corrected chi connectivity index (χ1v) is 7.43. The molecule has 2 heteroatoms. The van der Waals surface area contributed by atoms with Crippen LogP contribution in [0.5, 0.6) is 0 Å². The first kappa shape index (κ1) is 12.9. The van der Waals surface area contributed by atoms with E-state index in [1.165, 1.54) is 32.1 Å². The second-order valence-corrected chi connectivity index (χ2v) is 6.44. The Morgan fingerprint density at radius 3 is 2.18 bits per heavy atom. The summed E-state index contributed by atoms with van der Waals surface area (Å²) in [6.45, 7) is 6.53. The topological polar surface area (TPSA) is 20.3 Å². The molecule has 2 nitrogen and oxygen atoms in total. The van der Waals surface area contributed by atoms with Crippen LogP contribution in [0.15, 0.2) is 0 Å². The lowest BCUT2D eigenvalue weighted by Gasteiger charge is -2.37. The Hall–Kier alpha value is -0.530. The van der Waals surface area contributed by atoms with Gasteiger partial charge in [-0.05, 0) is 44.4 Å². The van der Waals surface area contributed by atoms with Gasteiger partial charge in [-0.15, -0.1) is 0 Å². The number of hydrogen-bond acceptors (Lipinski definition) is 1. The molecule has 2 fully saturated rings. The van der Waals surface area contributed by atoms with Crippen molar-refractivity contribution in [1.29, 1.82) is 0 Å². The number of nitrogens with zero attached hydrogens (tertiary/aromatic N) is 1. The summed E-state index contributed by atoms with van der Waals surface area (Å²) in [6, 6.07) is 0. The molecule has 98 valence electrons. The average molecular weight is 237 g/mol. The van der Waals surface area contributed by atoms with E-state index < -0.39 is 0 Å². The van der Waals surface area contributed by atoms with E-state index in [1.807, 2.05) is 0 Å². The van der Waals surface area contributed by atoms with Gasteiger partial charge in [-0.1, -0.05) is 26.7 Å². The molecular weight excluding hydrogens is 210 g/mol. The van der Waals surface area contributed by atoms with E-state index in [0.29, 0.717) is 11.8 Å². The zero-order valence-corrected chi connectivity index (χ0v) is 11.5. The van der Waals surface area contributed by atoms with Crippen molar-refractivity contribution in [1.82, 2.24) is 4.90 Å². The molecule has 0 aromatic carbocycles. The van der Waals surface area contributed by atoms with E-state index in [0.717, 1.165) is 32.4 Å². The van der Waals surface area contributed by atoms with Crippen molar-refractivity contribution in [3.05, 3.63) is 0 Å². The number of piperidine rings is 1. The number of rotatable bonds is 3. The van der Waals surface area contributed by atoms with E-state index >= 15 is 0 Å². The molecule has 1 saturated carbocycles. The minimum Gasteiger partial charge on any atom is -0.342 e. The highest BCUT2D eigenvalue weighted by Gasteiger charge is 2.43. The molecule has 0 aromatic rings. The molecule has 1 saturated heterocycles. The molecule has 0 atom stereocenters. The Bertz CT molecular complexity index is 260. The summed E-state index contributed by atoms with van der Waals surface area (Å²) in [5, 5.41) is 0.